The van der Waals surface area contributed by atoms with Crippen molar-refractivity contribution in [3.8, 4) is 0 Å². The van der Waals surface area contributed by atoms with Crippen molar-refractivity contribution in [2.24, 2.45) is 0 Å². The van der Waals surface area contributed by atoms with Gasteiger partial charge < -0.3 is 14.6 Å². The Labute approximate surface area is 114 Å². The lowest BCUT2D eigenvalue weighted by Crippen LogP contribution is -2.12. The van der Waals surface area contributed by atoms with Gasteiger partial charge >= 0.3 is 12.1 Å². The van der Waals surface area contributed by atoms with Crippen molar-refractivity contribution in [1.29, 1.82) is 0 Å². The van der Waals surface area contributed by atoms with E-state index in [1.165, 1.54) is 14.0 Å². The average molecular weight is 295 g/mol. The molecule has 0 aromatic carbocycles. The molecule has 114 valence electrons. The molecule has 0 fully saturated rings. The molecule has 0 amide bonds. The summed E-state index contributed by atoms with van der Waals surface area (Å²) in [6.45, 7) is 2.73. The molecule has 0 aliphatic rings. The molecule has 0 saturated carbocycles. The monoisotopic (exact) mass is 295 g/mol. The van der Waals surface area contributed by atoms with Gasteiger partial charge in [0.15, 0.2) is 0 Å². The van der Waals surface area contributed by atoms with Gasteiger partial charge in [-0.3, -0.25) is 4.98 Å². The van der Waals surface area contributed by atoms with Gasteiger partial charge in [-0.15, -0.1) is 0 Å². The Morgan fingerprint density at radius 3 is 2.40 bits per heavy atom. The van der Waals surface area contributed by atoms with E-state index >= 15 is 0 Å². The van der Waals surface area contributed by atoms with Crippen molar-refractivity contribution in [3.05, 3.63) is 29.1 Å². The summed E-state index contributed by atoms with van der Waals surface area (Å²) in [5, 5.41) is 7.65. The van der Waals surface area contributed by atoms with Gasteiger partial charge in [0.25, 0.3) is 0 Å². The van der Waals surface area contributed by atoms with Crippen molar-refractivity contribution in [2.45, 2.75) is 20.0 Å². The zero-order valence-corrected chi connectivity index (χ0v) is 11.3. The number of esters is 1. The number of aromatic nitrogens is 1. The van der Waals surface area contributed by atoms with E-state index < -0.39 is 17.7 Å². The molecule has 8 heteroatoms. The van der Waals surface area contributed by atoms with Gasteiger partial charge in [0.1, 0.15) is 6.79 Å². The number of nitrogens with zero attached hydrogens (tertiary/aromatic N) is 1. The summed E-state index contributed by atoms with van der Waals surface area (Å²) in [7, 11) is 1.43. The summed E-state index contributed by atoms with van der Waals surface area (Å²) in [6.07, 6.45) is -3.44. The van der Waals surface area contributed by atoms with Gasteiger partial charge in [0.2, 0.25) is 0 Å². The Morgan fingerprint density at radius 1 is 1.45 bits per heavy atom. The number of alkyl halides is 3. The SMILES string of the molecule is CCOC(=O)c1cnc(C)c(C(F)(F)F)c1.COCO. The maximum Gasteiger partial charge on any atom is 0.418 e. The van der Waals surface area contributed by atoms with E-state index in [4.69, 9.17) is 5.11 Å². The molecule has 20 heavy (non-hydrogen) atoms. The highest BCUT2D eigenvalue weighted by Crippen LogP contribution is 2.31. The van der Waals surface area contributed by atoms with E-state index in [2.05, 4.69) is 14.5 Å². The van der Waals surface area contributed by atoms with E-state index in [-0.39, 0.29) is 24.7 Å². The third kappa shape index (κ3) is 5.98. The number of aliphatic hydroxyl groups is 1. The standard InChI is InChI=1S/C10H10F3NO2.C2H6O2/c1-3-16-9(15)7-4-8(10(11,12)13)6(2)14-5-7;1-4-2-3/h4-5H,3H2,1-2H3;3H,2H2,1H3. The molecule has 0 aliphatic carbocycles. The second-order valence-corrected chi connectivity index (χ2v) is 3.49. The van der Waals surface area contributed by atoms with Crippen LogP contribution in [0.2, 0.25) is 0 Å². The van der Waals surface area contributed by atoms with Crippen LogP contribution in [-0.2, 0) is 15.7 Å². The largest absolute Gasteiger partial charge is 0.462 e. The maximum absolute atomic E-state index is 12.5. The summed E-state index contributed by atoms with van der Waals surface area (Å²) in [4.78, 5) is 14.7. The second-order valence-electron chi connectivity index (χ2n) is 3.49. The number of hydrogen-bond acceptors (Lipinski definition) is 5. The fourth-order valence-electron chi connectivity index (χ4n) is 1.15. The van der Waals surface area contributed by atoms with Crippen molar-refractivity contribution < 1.29 is 32.5 Å². The fourth-order valence-corrected chi connectivity index (χ4v) is 1.15. The molecule has 0 saturated heterocycles. The molecule has 0 radical (unpaired) electrons. The quantitative estimate of drug-likeness (QED) is 0.683. The molecule has 0 unspecified atom stereocenters. The van der Waals surface area contributed by atoms with Crippen molar-refractivity contribution in [1.82, 2.24) is 4.98 Å². The minimum atomic E-state index is -4.51. The van der Waals surface area contributed by atoms with Crippen molar-refractivity contribution >= 4 is 5.97 Å². The van der Waals surface area contributed by atoms with Gasteiger partial charge in [0.05, 0.1) is 17.7 Å². The summed E-state index contributed by atoms with van der Waals surface area (Å²) in [5.41, 5.74) is -1.28. The highest BCUT2D eigenvalue weighted by molar-refractivity contribution is 5.89. The van der Waals surface area contributed by atoms with Crippen LogP contribution in [0.15, 0.2) is 12.3 Å². The van der Waals surface area contributed by atoms with Crippen LogP contribution in [0.1, 0.15) is 28.5 Å². The number of ether oxygens (including phenoxy) is 2. The molecule has 0 bridgehead atoms. The molecule has 1 aromatic rings. The number of rotatable bonds is 3. The van der Waals surface area contributed by atoms with Crippen LogP contribution in [0.4, 0.5) is 13.2 Å². The first-order valence-electron chi connectivity index (χ1n) is 5.58. The Balaban J connectivity index is 0.000000796. The van der Waals surface area contributed by atoms with Crippen LogP contribution in [0.3, 0.4) is 0 Å². The van der Waals surface area contributed by atoms with Gasteiger partial charge in [0, 0.05) is 19.0 Å². The van der Waals surface area contributed by atoms with Gasteiger partial charge in [-0.05, 0) is 19.9 Å². The third-order valence-corrected chi connectivity index (χ3v) is 2.03. The van der Waals surface area contributed by atoms with Crippen LogP contribution in [0.5, 0.6) is 0 Å². The van der Waals surface area contributed by atoms with Crippen molar-refractivity contribution in [3.63, 3.8) is 0 Å². The summed E-state index contributed by atoms with van der Waals surface area (Å²) in [6, 6.07) is 0.750. The number of pyridine rings is 1. The van der Waals surface area contributed by atoms with Crippen LogP contribution < -0.4 is 0 Å². The first-order chi connectivity index (χ1) is 9.27. The predicted molar refractivity (Wildman–Crippen MR) is 64.0 cm³/mol. The first kappa shape index (κ1) is 18.3. The van der Waals surface area contributed by atoms with E-state index in [0.29, 0.717) is 0 Å². The number of carbonyl (C=O) groups is 1. The molecular formula is C12H16F3NO4. The smallest absolute Gasteiger partial charge is 0.418 e. The van der Waals surface area contributed by atoms with Gasteiger partial charge in [-0.25, -0.2) is 4.79 Å². The first-order valence-corrected chi connectivity index (χ1v) is 5.58. The van der Waals surface area contributed by atoms with E-state index in [9.17, 15) is 18.0 Å². The Morgan fingerprint density at radius 2 is 2.00 bits per heavy atom. The Hall–Kier alpha value is -1.67. The second kappa shape index (κ2) is 8.49. The van der Waals surface area contributed by atoms with Gasteiger partial charge in [-0.1, -0.05) is 0 Å². The Kier molecular flexibility index (Phi) is 7.78. The lowest BCUT2D eigenvalue weighted by Gasteiger charge is -2.10. The summed E-state index contributed by atoms with van der Waals surface area (Å²) >= 11 is 0. The van der Waals surface area contributed by atoms with Crippen LogP contribution >= 0.6 is 0 Å². The van der Waals surface area contributed by atoms with Crippen LogP contribution in [0.25, 0.3) is 0 Å². The third-order valence-electron chi connectivity index (χ3n) is 2.03. The topological polar surface area (TPSA) is 68.7 Å². The maximum atomic E-state index is 12.5. The highest BCUT2D eigenvalue weighted by Gasteiger charge is 2.33. The number of methoxy groups -OCH3 is 1. The van der Waals surface area contributed by atoms with E-state index in [1.54, 1.807) is 6.92 Å². The fraction of sp³-hybridized carbons (Fsp3) is 0.500. The molecular weight excluding hydrogens is 279 g/mol. The zero-order valence-electron chi connectivity index (χ0n) is 11.3. The number of aliphatic hydroxyl groups excluding tert-OH is 1. The summed E-state index contributed by atoms with van der Waals surface area (Å²) in [5.74, 6) is -0.805. The lowest BCUT2D eigenvalue weighted by atomic mass is 10.1. The normalized spacial score (nSPS) is 10.6. The molecule has 0 spiro atoms. The average Bonchev–Trinajstić information content (AvgIpc) is 2.38. The molecule has 1 rings (SSSR count). The number of aryl methyl sites for hydroxylation is 1. The van der Waals surface area contributed by atoms with Crippen LogP contribution in [0, 0.1) is 6.92 Å². The minimum absolute atomic E-state index is 0.105. The van der Waals surface area contributed by atoms with E-state index in [0.717, 1.165) is 12.3 Å². The van der Waals surface area contributed by atoms with Crippen molar-refractivity contribution in [2.75, 3.05) is 20.5 Å². The molecule has 1 N–H and O–H groups in total. The molecule has 0 atom stereocenters. The number of halogens is 3. The van der Waals surface area contributed by atoms with Gasteiger partial charge in [-0.2, -0.15) is 13.2 Å². The van der Waals surface area contributed by atoms with Crippen LogP contribution in [-0.4, -0.2) is 36.6 Å². The Bertz CT molecular complexity index is 433. The molecule has 1 heterocycles. The number of hydrogen-bond donors (Lipinski definition) is 1. The highest BCUT2D eigenvalue weighted by atomic mass is 19.4. The molecule has 1 aromatic heterocycles. The minimum Gasteiger partial charge on any atom is -0.462 e. The molecule has 0 aliphatic heterocycles. The predicted octanol–water partition coefficient (Wildman–Crippen LogP) is 2.17. The zero-order chi connectivity index (χ0) is 15.8. The lowest BCUT2D eigenvalue weighted by molar-refractivity contribution is -0.138. The van der Waals surface area contributed by atoms with E-state index in [1.807, 2.05) is 0 Å². The summed E-state index contributed by atoms with van der Waals surface area (Å²) < 4.78 is 46.1. The molecule has 5 nitrogen and oxygen atoms in total. The number of carbonyl (C=O) groups excluding carboxylic acids is 1.